The molecule has 0 saturated carbocycles. The summed E-state index contributed by atoms with van der Waals surface area (Å²) in [6.45, 7) is 4.61. The first kappa shape index (κ1) is 16.8. The SMILES string of the molecule is Cc1nn(Cc2ccc(C#N)cc2)c(C)c1-c1ccc(C#N)c(Cl)c1. The first-order valence-electron chi connectivity index (χ1n) is 7.76. The largest absolute Gasteiger partial charge is 0.265 e. The normalized spacial score (nSPS) is 10.3. The molecule has 0 amide bonds. The van der Waals surface area contributed by atoms with Crippen molar-refractivity contribution in [3.8, 4) is 23.3 Å². The summed E-state index contributed by atoms with van der Waals surface area (Å²) in [4.78, 5) is 0. The van der Waals surface area contributed by atoms with Gasteiger partial charge in [-0.3, -0.25) is 4.68 Å². The molecule has 3 rings (SSSR count). The van der Waals surface area contributed by atoms with Gasteiger partial charge in [-0.15, -0.1) is 0 Å². The third-order valence-corrected chi connectivity index (χ3v) is 4.49. The van der Waals surface area contributed by atoms with Crippen LogP contribution in [0.1, 0.15) is 28.1 Å². The van der Waals surface area contributed by atoms with Gasteiger partial charge in [-0.25, -0.2) is 0 Å². The molecule has 2 aromatic carbocycles. The zero-order valence-corrected chi connectivity index (χ0v) is 14.7. The third-order valence-electron chi connectivity index (χ3n) is 4.18. The molecule has 0 N–H and O–H groups in total. The van der Waals surface area contributed by atoms with Crippen LogP contribution in [0, 0.1) is 36.5 Å². The van der Waals surface area contributed by atoms with Crippen molar-refractivity contribution >= 4 is 11.6 Å². The van der Waals surface area contributed by atoms with Gasteiger partial charge in [0.1, 0.15) is 6.07 Å². The van der Waals surface area contributed by atoms with Gasteiger partial charge in [0.05, 0.1) is 34.5 Å². The Morgan fingerprint density at radius 1 is 1.04 bits per heavy atom. The highest BCUT2D eigenvalue weighted by Crippen LogP contribution is 2.30. The van der Waals surface area contributed by atoms with Crippen molar-refractivity contribution in [2.75, 3.05) is 0 Å². The second kappa shape index (κ2) is 6.81. The van der Waals surface area contributed by atoms with E-state index in [9.17, 15) is 0 Å². The van der Waals surface area contributed by atoms with Crippen LogP contribution in [0.3, 0.4) is 0 Å². The highest BCUT2D eigenvalue weighted by Gasteiger charge is 2.15. The summed E-state index contributed by atoms with van der Waals surface area (Å²) in [6.07, 6.45) is 0. The molecule has 0 unspecified atom stereocenters. The second-order valence-corrected chi connectivity index (χ2v) is 6.23. The van der Waals surface area contributed by atoms with Crippen molar-refractivity contribution in [3.05, 3.63) is 75.6 Å². The summed E-state index contributed by atoms with van der Waals surface area (Å²) in [7, 11) is 0. The fraction of sp³-hybridized carbons (Fsp3) is 0.150. The maximum atomic E-state index is 9.02. The molecule has 0 fully saturated rings. The van der Waals surface area contributed by atoms with Gasteiger partial charge >= 0.3 is 0 Å². The summed E-state index contributed by atoms with van der Waals surface area (Å²) >= 11 is 6.17. The van der Waals surface area contributed by atoms with E-state index in [4.69, 9.17) is 22.1 Å². The molecule has 0 radical (unpaired) electrons. The Morgan fingerprint density at radius 2 is 1.76 bits per heavy atom. The quantitative estimate of drug-likeness (QED) is 0.695. The molecule has 122 valence electrons. The van der Waals surface area contributed by atoms with Crippen LogP contribution in [0.5, 0.6) is 0 Å². The lowest BCUT2D eigenvalue weighted by Crippen LogP contribution is -2.04. The van der Waals surface area contributed by atoms with Gasteiger partial charge < -0.3 is 0 Å². The average molecular weight is 347 g/mol. The van der Waals surface area contributed by atoms with E-state index in [0.717, 1.165) is 28.1 Å². The highest BCUT2D eigenvalue weighted by molar-refractivity contribution is 6.32. The van der Waals surface area contributed by atoms with E-state index < -0.39 is 0 Å². The zero-order valence-electron chi connectivity index (χ0n) is 13.9. The number of aryl methyl sites for hydroxylation is 1. The number of rotatable bonds is 3. The first-order chi connectivity index (χ1) is 12.0. The first-order valence-corrected chi connectivity index (χ1v) is 8.14. The van der Waals surface area contributed by atoms with Gasteiger partial charge in [-0.1, -0.05) is 29.8 Å². The Bertz CT molecular complexity index is 1020. The van der Waals surface area contributed by atoms with Crippen LogP contribution in [0.25, 0.3) is 11.1 Å². The van der Waals surface area contributed by atoms with Crippen molar-refractivity contribution in [1.29, 1.82) is 10.5 Å². The minimum Gasteiger partial charge on any atom is -0.265 e. The second-order valence-electron chi connectivity index (χ2n) is 5.82. The molecule has 25 heavy (non-hydrogen) atoms. The summed E-state index contributed by atoms with van der Waals surface area (Å²) in [5.41, 5.74) is 6.10. The fourth-order valence-electron chi connectivity index (χ4n) is 2.89. The number of aromatic nitrogens is 2. The van der Waals surface area contributed by atoms with Gasteiger partial charge in [0, 0.05) is 11.3 Å². The molecule has 0 aliphatic carbocycles. The van der Waals surface area contributed by atoms with Crippen LogP contribution in [0.15, 0.2) is 42.5 Å². The highest BCUT2D eigenvalue weighted by atomic mass is 35.5. The molecule has 0 aliphatic rings. The average Bonchev–Trinajstić information content (AvgIpc) is 2.89. The molecule has 0 atom stereocenters. The fourth-order valence-corrected chi connectivity index (χ4v) is 3.11. The number of benzene rings is 2. The summed E-state index contributed by atoms with van der Waals surface area (Å²) < 4.78 is 1.94. The van der Waals surface area contributed by atoms with Crippen molar-refractivity contribution in [1.82, 2.24) is 9.78 Å². The van der Waals surface area contributed by atoms with Gasteiger partial charge in [0.25, 0.3) is 0 Å². The lowest BCUT2D eigenvalue weighted by molar-refractivity contribution is 0.659. The van der Waals surface area contributed by atoms with Crippen LogP contribution in [0.2, 0.25) is 5.02 Å². The van der Waals surface area contributed by atoms with E-state index in [1.165, 1.54) is 0 Å². The molecule has 0 aliphatic heterocycles. The molecule has 3 aromatic rings. The number of nitriles is 2. The molecular formula is C20H15ClN4. The summed E-state index contributed by atoms with van der Waals surface area (Å²) in [6, 6.07) is 17.1. The van der Waals surface area contributed by atoms with Gasteiger partial charge in [-0.05, 0) is 49.2 Å². The van der Waals surface area contributed by atoms with E-state index in [-0.39, 0.29) is 0 Å². The Morgan fingerprint density at radius 3 is 2.36 bits per heavy atom. The molecule has 0 bridgehead atoms. The number of hydrogen-bond acceptors (Lipinski definition) is 3. The number of nitrogens with zero attached hydrogens (tertiary/aromatic N) is 4. The van der Waals surface area contributed by atoms with Crippen LogP contribution >= 0.6 is 11.6 Å². The predicted molar refractivity (Wildman–Crippen MR) is 97.1 cm³/mol. The van der Waals surface area contributed by atoms with Crippen molar-refractivity contribution in [2.45, 2.75) is 20.4 Å². The Hall–Kier alpha value is -3.08. The minimum absolute atomic E-state index is 0.443. The number of hydrogen-bond donors (Lipinski definition) is 0. The third kappa shape index (κ3) is 3.26. The van der Waals surface area contributed by atoms with Crippen molar-refractivity contribution in [2.24, 2.45) is 0 Å². The Labute approximate surface area is 151 Å². The topological polar surface area (TPSA) is 65.4 Å². The van der Waals surface area contributed by atoms with Gasteiger partial charge in [-0.2, -0.15) is 15.6 Å². The van der Waals surface area contributed by atoms with Gasteiger partial charge in [0.15, 0.2) is 0 Å². The van der Waals surface area contributed by atoms with Crippen LogP contribution in [0.4, 0.5) is 0 Å². The van der Waals surface area contributed by atoms with E-state index in [1.54, 1.807) is 6.07 Å². The molecule has 5 heteroatoms. The monoisotopic (exact) mass is 346 g/mol. The Balaban J connectivity index is 1.97. The molecule has 1 heterocycles. The Kier molecular flexibility index (Phi) is 4.57. The predicted octanol–water partition coefficient (Wildman–Crippen LogP) is 4.61. The molecule has 1 aromatic heterocycles. The van der Waals surface area contributed by atoms with Crippen molar-refractivity contribution in [3.63, 3.8) is 0 Å². The summed E-state index contributed by atoms with van der Waals surface area (Å²) in [5, 5.41) is 23.0. The lowest BCUT2D eigenvalue weighted by Gasteiger charge is -2.07. The number of halogens is 1. The lowest BCUT2D eigenvalue weighted by atomic mass is 10.0. The molecule has 0 spiro atoms. The van der Waals surface area contributed by atoms with E-state index >= 15 is 0 Å². The maximum Gasteiger partial charge on any atom is 0.101 e. The maximum absolute atomic E-state index is 9.02. The molecule has 4 nitrogen and oxygen atoms in total. The van der Waals surface area contributed by atoms with E-state index in [1.807, 2.05) is 54.9 Å². The van der Waals surface area contributed by atoms with Crippen LogP contribution < -0.4 is 0 Å². The van der Waals surface area contributed by atoms with Crippen LogP contribution in [-0.4, -0.2) is 9.78 Å². The standard InChI is InChI=1S/C20H15ClN4/c1-13-20(17-7-8-18(11-23)19(21)9-17)14(2)25(24-13)12-16-5-3-15(10-22)4-6-16/h3-9H,12H2,1-2H3. The summed E-state index contributed by atoms with van der Waals surface area (Å²) in [5.74, 6) is 0. The van der Waals surface area contributed by atoms with E-state index in [0.29, 0.717) is 22.7 Å². The van der Waals surface area contributed by atoms with Crippen molar-refractivity contribution < 1.29 is 0 Å². The van der Waals surface area contributed by atoms with Gasteiger partial charge in [0.2, 0.25) is 0 Å². The molecular weight excluding hydrogens is 332 g/mol. The zero-order chi connectivity index (χ0) is 18.0. The molecule has 0 saturated heterocycles. The van der Waals surface area contributed by atoms with E-state index in [2.05, 4.69) is 17.2 Å². The van der Waals surface area contributed by atoms with Crippen LogP contribution in [-0.2, 0) is 6.54 Å². The smallest absolute Gasteiger partial charge is 0.101 e. The minimum atomic E-state index is 0.443.